The van der Waals surface area contributed by atoms with Crippen molar-refractivity contribution < 1.29 is 19.1 Å². The van der Waals surface area contributed by atoms with Gasteiger partial charge in [-0.2, -0.15) is 0 Å². The number of rotatable bonds is 7. The Balaban J connectivity index is 1.87. The number of amides is 1. The lowest BCUT2D eigenvalue weighted by molar-refractivity contribution is -0.111. The van der Waals surface area contributed by atoms with Crippen LogP contribution in [0.25, 0.3) is 11.1 Å². The average Bonchev–Trinajstić information content (AvgIpc) is 3.15. The molecule has 6 heteroatoms. The van der Waals surface area contributed by atoms with Gasteiger partial charge in [-0.25, -0.2) is 4.79 Å². The van der Waals surface area contributed by atoms with Gasteiger partial charge in [0.15, 0.2) is 12.4 Å². The minimum absolute atomic E-state index is 0.238. The molecular weight excluding hydrogens is 398 g/mol. The molecule has 1 N–H and O–H groups in total. The van der Waals surface area contributed by atoms with Crippen LogP contribution < -0.4 is 5.32 Å². The van der Waals surface area contributed by atoms with Gasteiger partial charge in [0, 0.05) is 22.6 Å². The maximum atomic E-state index is 12.9. The summed E-state index contributed by atoms with van der Waals surface area (Å²) in [6, 6.07) is 18.0. The van der Waals surface area contributed by atoms with Crippen LogP contribution >= 0.6 is 11.3 Å². The first-order chi connectivity index (χ1) is 14.5. The van der Waals surface area contributed by atoms with Gasteiger partial charge in [0.1, 0.15) is 10.6 Å². The largest absolute Gasteiger partial charge is 0.454 e. The van der Waals surface area contributed by atoms with Gasteiger partial charge in [-0.05, 0) is 19.4 Å². The van der Waals surface area contributed by atoms with E-state index >= 15 is 0 Å². The van der Waals surface area contributed by atoms with Crippen LogP contribution in [0.3, 0.4) is 0 Å². The highest BCUT2D eigenvalue weighted by Gasteiger charge is 2.23. The van der Waals surface area contributed by atoms with Crippen molar-refractivity contribution in [1.29, 1.82) is 0 Å². The Morgan fingerprint density at radius 1 is 0.967 bits per heavy atom. The number of nitrogens with one attached hydrogen (secondary N) is 1. The molecule has 0 radical (unpaired) electrons. The number of benzene rings is 2. The van der Waals surface area contributed by atoms with Crippen molar-refractivity contribution in [1.82, 2.24) is 0 Å². The van der Waals surface area contributed by atoms with E-state index in [1.807, 2.05) is 50.2 Å². The van der Waals surface area contributed by atoms with Gasteiger partial charge in [-0.1, -0.05) is 66.2 Å². The normalized spacial score (nSPS) is 10.2. The van der Waals surface area contributed by atoms with Gasteiger partial charge in [0.2, 0.25) is 5.91 Å². The van der Waals surface area contributed by atoms with Gasteiger partial charge in [-0.3, -0.25) is 9.59 Å². The molecule has 0 aliphatic rings. The number of anilines is 1. The highest BCUT2D eigenvalue weighted by atomic mass is 32.1. The number of carbonyl (C=O) groups excluding carboxylic acids is 3. The fourth-order valence-electron chi connectivity index (χ4n) is 2.80. The van der Waals surface area contributed by atoms with Crippen LogP contribution in [0.2, 0.25) is 0 Å². The second-order valence-electron chi connectivity index (χ2n) is 6.80. The summed E-state index contributed by atoms with van der Waals surface area (Å²) in [5, 5.41) is 4.93. The Kier molecular flexibility index (Phi) is 6.93. The van der Waals surface area contributed by atoms with Gasteiger partial charge in [-0.15, -0.1) is 11.3 Å². The Labute approximate surface area is 179 Å². The first-order valence-corrected chi connectivity index (χ1v) is 10.2. The number of Topliss-reactive ketones (excluding diaryl/α,β-unsaturated/α-hetero) is 1. The second kappa shape index (κ2) is 9.80. The zero-order valence-corrected chi connectivity index (χ0v) is 17.5. The van der Waals surface area contributed by atoms with Crippen LogP contribution in [0.15, 0.2) is 77.7 Å². The molecule has 0 saturated heterocycles. The van der Waals surface area contributed by atoms with E-state index in [1.165, 1.54) is 17.4 Å². The molecule has 1 amide bonds. The first-order valence-electron chi connectivity index (χ1n) is 9.34. The molecule has 30 heavy (non-hydrogen) atoms. The minimum atomic E-state index is -0.660. The van der Waals surface area contributed by atoms with Crippen LogP contribution in [-0.2, 0) is 9.53 Å². The van der Waals surface area contributed by atoms with Gasteiger partial charge in [0.05, 0.1) is 0 Å². The molecule has 0 aliphatic carbocycles. The third-order valence-corrected chi connectivity index (χ3v) is 5.06. The molecule has 3 aromatic rings. The molecular formula is C24H21NO4S. The van der Waals surface area contributed by atoms with Crippen LogP contribution in [0.5, 0.6) is 0 Å². The molecule has 1 heterocycles. The monoisotopic (exact) mass is 419 g/mol. The van der Waals surface area contributed by atoms with Gasteiger partial charge < -0.3 is 10.1 Å². The van der Waals surface area contributed by atoms with E-state index in [0.717, 1.165) is 11.1 Å². The van der Waals surface area contributed by atoms with E-state index < -0.39 is 5.97 Å². The number of ether oxygens (including phenoxy) is 1. The van der Waals surface area contributed by atoms with E-state index in [2.05, 4.69) is 5.32 Å². The molecule has 152 valence electrons. The molecule has 0 unspecified atom stereocenters. The standard InChI is InChI=1S/C24H21NO4S/c1-16(2)13-21(27)25-23-22(19(15-30-23)17-9-5-3-6-10-17)24(28)29-14-20(26)18-11-7-4-8-12-18/h3-13,15H,14H2,1-2H3,(H,25,27). The number of hydrogen-bond acceptors (Lipinski definition) is 5. The predicted molar refractivity (Wildman–Crippen MR) is 119 cm³/mol. The molecule has 5 nitrogen and oxygen atoms in total. The smallest absolute Gasteiger partial charge is 0.342 e. The SMILES string of the molecule is CC(C)=CC(=O)Nc1scc(-c2ccccc2)c1C(=O)OCC(=O)c1ccccc1. The van der Waals surface area contributed by atoms with E-state index in [1.54, 1.807) is 29.6 Å². The summed E-state index contributed by atoms with van der Waals surface area (Å²) >= 11 is 1.24. The van der Waals surface area contributed by atoms with E-state index in [-0.39, 0.29) is 23.9 Å². The third-order valence-electron chi connectivity index (χ3n) is 4.17. The molecule has 0 spiro atoms. The molecule has 1 aromatic heterocycles. The number of ketones is 1. The van der Waals surface area contributed by atoms with Crippen LogP contribution in [0.1, 0.15) is 34.6 Å². The lowest BCUT2D eigenvalue weighted by Crippen LogP contribution is -2.16. The average molecular weight is 420 g/mol. The summed E-state index contributed by atoms with van der Waals surface area (Å²) in [6.07, 6.45) is 1.45. The number of esters is 1. The van der Waals surface area contributed by atoms with Crippen molar-refractivity contribution in [3.05, 3.63) is 88.8 Å². The fourth-order valence-corrected chi connectivity index (χ4v) is 3.76. The van der Waals surface area contributed by atoms with Crippen LogP contribution in [0.4, 0.5) is 5.00 Å². The van der Waals surface area contributed by atoms with Crippen molar-refractivity contribution in [2.45, 2.75) is 13.8 Å². The summed E-state index contributed by atoms with van der Waals surface area (Å²) in [7, 11) is 0. The Morgan fingerprint density at radius 2 is 1.60 bits per heavy atom. The molecule has 0 fully saturated rings. The number of carbonyl (C=O) groups is 3. The van der Waals surface area contributed by atoms with E-state index in [0.29, 0.717) is 16.1 Å². The maximum absolute atomic E-state index is 12.9. The summed E-state index contributed by atoms with van der Waals surface area (Å²) in [4.78, 5) is 37.4. The number of allylic oxidation sites excluding steroid dienone is 1. The number of thiophene rings is 1. The van der Waals surface area contributed by atoms with Gasteiger partial charge >= 0.3 is 5.97 Å². The Bertz CT molecular complexity index is 1080. The summed E-state index contributed by atoms with van der Waals surface area (Å²) < 4.78 is 5.32. The van der Waals surface area contributed by atoms with Crippen LogP contribution in [0, 0.1) is 0 Å². The number of hydrogen-bond donors (Lipinski definition) is 1. The van der Waals surface area contributed by atoms with Crippen molar-refractivity contribution in [2.24, 2.45) is 0 Å². The molecule has 0 aliphatic heterocycles. The minimum Gasteiger partial charge on any atom is -0.454 e. The van der Waals surface area contributed by atoms with Crippen molar-refractivity contribution in [3.8, 4) is 11.1 Å². The van der Waals surface area contributed by atoms with Crippen molar-refractivity contribution in [3.63, 3.8) is 0 Å². The Hall–Kier alpha value is -3.51. The fraction of sp³-hybridized carbons (Fsp3) is 0.125. The first kappa shape index (κ1) is 21.2. The molecule has 0 saturated carbocycles. The summed E-state index contributed by atoms with van der Waals surface area (Å²) in [6.45, 7) is 3.25. The predicted octanol–water partition coefficient (Wildman–Crippen LogP) is 5.36. The van der Waals surface area contributed by atoms with E-state index in [4.69, 9.17) is 4.74 Å². The third kappa shape index (κ3) is 5.30. The zero-order valence-electron chi connectivity index (χ0n) is 16.7. The van der Waals surface area contributed by atoms with Crippen LogP contribution in [-0.4, -0.2) is 24.3 Å². The summed E-state index contributed by atoms with van der Waals surface area (Å²) in [5.41, 5.74) is 3.01. The zero-order chi connectivity index (χ0) is 21.5. The second-order valence-corrected chi connectivity index (χ2v) is 7.68. The topological polar surface area (TPSA) is 72.5 Å². The quantitative estimate of drug-likeness (QED) is 0.318. The lowest BCUT2D eigenvalue weighted by atomic mass is 10.0. The van der Waals surface area contributed by atoms with Crippen molar-refractivity contribution in [2.75, 3.05) is 11.9 Å². The lowest BCUT2D eigenvalue weighted by Gasteiger charge is -2.09. The van der Waals surface area contributed by atoms with E-state index in [9.17, 15) is 14.4 Å². The summed E-state index contributed by atoms with van der Waals surface area (Å²) in [5.74, 6) is -1.28. The molecule has 2 aromatic carbocycles. The Morgan fingerprint density at radius 3 is 2.23 bits per heavy atom. The molecule has 0 atom stereocenters. The highest BCUT2D eigenvalue weighted by molar-refractivity contribution is 7.15. The molecule has 3 rings (SSSR count). The molecule has 0 bridgehead atoms. The highest BCUT2D eigenvalue weighted by Crippen LogP contribution is 2.36. The maximum Gasteiger partial charge on any atom is 0.342 e. The van der Waals surface area contributed by atoms with Gasteiger partial charge in [0.25, 0.3) is 0 Å². The van der Waals surface area contributed by atoms with Crippen molar-refractivity contribution >= 4 is 34.0 Å².